The Bertz CT molecular complexity index is 1870. The third-order valence-corrected chi connectivity index (χ3v) is 10.0. The molecule has 50 heavy (non-hydrogen) atoms. The van der Waals surface area contributed by atoms with Gasteiger partial charge in [0.15, 0.2) is 11.4 Å². The Morgan fingerprint density at radius 2 is 1.64 bits per heavy atom. The standard InChI is InChI=1S/C40H42N2O8/c1-25(11-12-27-17-18-42-35(41)20-27)30(23-44)21-39-36(46)31-9-5-6-10-32(31)37(47)40(39,50-39)38(48)49-24-34(45)33(19-26-7-3-2-4-8-26)29-15-13-28(22-43)14-16-29/h2-10,13-17,20,33-34,42-45H,11-12,18-19,21-24,41H2,1H3. The number of ether oxygens (including phenoxy) is 2. The molecule has 260 valence electrons. The van der Waals surface area contributed by atoms with E-state index in [-0.39, 0.29) is 24.2 Å². The Morgan fingerprint density at radius 3 is 2.30 bits per heavy atom. The number of rotatable bonds is 14. The van der Waals surface area contributed by atoms with Crippen LogP contribution < -0.4 is 11.1 Å². The molecule has 3 aliphatic rings. The van der Waals surface area contributed by atoms with Gasteiger partial charge in [0.05, 0.1) is 25.1 Å². The van der Waals surface area contributed by atoms with Crippen LogP contribution >= 0.6 is 0 Å². The number of esters is 1. The molecule has 0 aromatic heterocycles. The van der Waals surface area contributed by atoms with Crippen LogP contribution in [0.5, 0.6) is 0 Å². The maximum Gasteiger partial charge on any atom is 0.350 e. The van der Waals surface area contributed by atoms with Crippen LogP contribution in [-0.4, -0.2) is 69.9 Å². The van der Waals surface area contributed by atoms with Crippen molar-refractivity contribution >= 4 is 17.5 Å². The number of nitrogens with two attached hydrogens (primary N) is 1. The molecule has 1 aliphatic carbocycles. The maximum atomic E-state index is 14.1. The number of ketones is 2. The van der Waals surface area contributed by atoms with E-state index in [2.05, 4.69) is 5.32 Å². The van der Waals surface area contributed by atoms with Crippen molar-refractivity contribution in [3.8, 4) is 0 Å². The Balaban J connectivity index is 1.26. The van der Waals surface area contributed by atoms with Crippen molar-refractivity contribution in [2.24, 2.45) is 5.73 Å². The molecule has 1 saturated heterocycles. The number of aliphatic hydroxyl groups excluding tert-OH is 3. The molecule has 3 aromatic carbocycles. The van der Waals surface area contributed by atoms with Gasteiger partial charge in [-0.3, -0.25) is 9.59 Å². The Hall–Kier alpha value is -4.87. The van der Waals surface area contributed by atoms with E-state index in [1.807, 2.05) is 61.5 Å². The first-order chi connectivity index (χ1) is 24.1. The highest BCUT2D eigenvalue weighted by Crippen LogP contribution is 2.59. The lowest BCUT2D eigenvalue weighted by atomic mass is 9.71. The predicted molar refractivity (Wildman–Crippen MR) is 186 cm³/mol. The molecule has 0 spiro atoms. The van der Waals surface area contributed by atoms with Crippen molar-refractivity contribution in [1.29, 1.82) is 0 Å². The highest BCUT2D eigenvalue weighted by atomic mass is 16.7. The van der Waals surface area contributed by atoms with Crippen LogP contribution in [0, 0.1) is 0 Å². The van der Waals surface area contributed by atoms with E-state index in [9.17, 15) is 29.7 Å². The summed E-state index contributed by atoms with van der Waals surface area (Å²) in [6, 6.07) is 23.0. The first kappa shape index (κ1) is 35.0. The van der Waals surface area contributed by atoms with Crippen molar-refractivity contribution in [2.75, 3.05) is 19.8 Å². The number of hydrogen-bond acceptors (Lipinski definition) is 10. The minimum Gasteiger partial charge on any atom is -0.460 e. The zero-order valence-corrected chi connectivity index (χ0v) is 27.9. The average Bonchev–Trinajstić information content (AvgIpc) is 3.85. The van der Waals surface area contributed by atoms with Crippen LogP contribution in [0.15, 0.2) is 114 Å². The summed E-state index contributed by atoms with van der Waals surface area (Å²) in [4.78, 5) is 42.3. The van der Waals surface area contributed by atoms with Gasteiger partial charge in [-0.15, -0.1) is 0 Å². The van der Waals surface area contributed by atoms with Gasteiger partial charge >= 0.3 is 5.97 Å². The van der Waals surface area contributed by atoms with Gasteiger partial charge in [0.2, 0.25) is 5.78 Å². The molecular formula is C40H42N2O8. The quantitative estimate of drug-likeness (QED) is 0.0731. The van der Waals surface area contributed by atoms with E-state index in [1.54, 1.807) is 24.3 Å². The van der Waals surface area contributed by atoms with E-state index in [0.717, 1.165) is 22.3 Å². The molecule has 6 rings (SSSR count). The number of epoxide rings is 1. The summed E-state index contributed by atoms with van der Waals surface area (Å²) >= 11 is 0. The highest BCUT2D eigenvalue weighted by molar-refractivity contribution is 6.32. The number of fused-ring (bicyclic) bond motifs is 2. The monoisotopic (exact) mass is 678 g/mol. The number of benzene rings is 3. The summed E-state index contributed by atoms with van der Waals surface area (Å²) in [7, 11) is 0. The Labute approximate surface area is 290 Å². The number of carbonyl (C=O) groups is 3. The molecule has 1 fully saturated rings. The maximum absolute atomic E-state index is 14.1. The third kappa shape index (κ3) is 6.55. The summed E-state index contributed by atoms with van der Waals surface area (Å²) < 4.78 is 11.7. The van der Waals surface area contributed by atoms with Gasteiger partial charge in [-0.2, -0.15) is 0 Å². The minimum absolute atomic E-state index is 0.0579. The summed E-state index contributed by atoms with van der Waals surface area (Å²) in [5.74, 6) is -2.22. The second kappa shape index (κ2) is 14.5. The summed E-state index contributed by atoms with van der Waals surface area (Å²) in [5.41, 5.74) is 6.71. The lowest BCUT2D eigenvalue weighted by Crippen LogP contribution is -2.51. The molecule has 3 aromatic rings. The second-order valence-electron chi connectivity index (χ2n) is 13.2. The molecule has 10 heteroatoms. The fraction of sp³-hybridized carbons (Fsp3) is 0.325. The molecule has 0 saturated carbocycles. The smallest absolute Gasteiger partial charge is 0.350 e. The van der Waals surface area contributed by atoms with Crippen LogP contribution in [0.3, 0.4) is 0 Å². The SMILES string of the molecule is CC(CCC1=CCNC(N)=C1)=C(CO)CC12OC1(C(=O)OCC(O)C(Cc1ccccc1)c1ccc(CO)cc1)C(=O)c1ccccc1C2=O. The van der Waals surface area contributed by atoms with Gasteiger partial charge in [-0.05, 0) is 60.1 Å². The normalized spacial score (nSPS) is 22.6. The Morgan fingerprint density at radius 1 is 0.960 bits per heavy atom. The van der Waals surface area contributed by atoms with Crippen molar-refractivity contribution in [3.05, 3.63) is 141 Å². The molecule has 4 atom stereocenters. The summed E-state index contributed by atoms with van der Waals surface area (Å²) in [6.07, 6.45) is 4.11. The highest BCUT2D eigenvalue weighted by Gasteiger charge is 2.85. The molecule has 2 heterocycles. The van der Waals surface area contributed by atoms with Crippen molar-refractivity contribution in [3.63, 3.8) is 0 Å². The molecule has 2 aliphatic heterocycles. The van der Waals surface area contributed by atoms with E-state index in [4.69, 9.17) is 15.2 Å². The van der Waals surface area contributed by atoms with Gasteiger partial charge < -0.3 is 35.8 Å². The fourth-order valence-corrected chi connectivity index (χ4v) is 7.03. The van der Waals surface area contributed by atoms with Gasteiger partial charge in [0, 0.05) is 30.0 Å². The van der Waals surface area contributed by atoms with E-state index < -0.39 is 54.0 Å². The Kier molecular flexibility index (Phi) is 10.2. The van der Waals surface area contributed by atoms with Gasteiger partial charge in [0.25, 0.3) is 5.60 Å². The van der Waals surface area contributed by atoms with Crippen LogP contribution in [-0.2, 0) is 27.3 Å². The molecule has 0 amide bonds. The average molecular weight is 679 g/mol. The molecule has 4 unspecified atom stereocenters. The van der Waals surface area contributed by atoms with Crippen LogP contribution in [0.2, 0.25) is 0 Å². The number of nitrogens with one attached hydrogen (secondary N) is 1. The molecule has 6 N–H and O–H groups in total. The summed E-state index contributed by atoms with van der Waals surface area (Å²) in [6.45, 7) is 1.46. The number of Topliss-reactive ketones (excluding diaryl/α,β-unsaturated/α-hetero) is 2. The first-order valence-corrected chi connectivity index (χ1v) is 16.8. The van der Waals surface area contributed by atoms with Crippen molar-refractivity contribution < 1.29 is 39.2 Å². The van der Waals surface area contributed by atoms with Crippen molar-refractivity contribution in [1.82, 2.24) is 5.32 Å². The minimum atomic E-state index is -2.26. The molecule has 10 nitrogen and oxygen atoms in total. The fourth-order valence-electron chi connectivity index (χ4n) is 7.03. The lowest BCUT2D eigenvalue weighted by molar-refractivity contribution is -0.151. The number of allylic oxidation sites excluding steroid dienone is 3. The van der Waals surface area contributed by atoms with Crippen LogP contribution in [0.1, 0.15) is 69.5 Å². The van der Waals surface area contributed by atoms with Crippen molar-refractivity contribution in [2.45, 2.75) is 62.4 Å². The van der Waals surface area contributed by atoms with E-state index in [1.165, 1.54) is 12.1 Å². The molecular weight excluding hydrogens is 636 g/mol. The van der Waals surface area contributed by atoms with E-state index >= 15 is 0 Å². The van der Waals surface area contributed by atoms with E-state index in [0.29, 0.717) is 42.8 Å². The predicted octanol–water partition coefficient (Wildman–Crippen LogP) is 3.81. The van der Waals surface area contributed by atoms with Crippen LogP contribution in [0.4, 0.5) is 0 Å². The number of carbonyl (C=O) groups excluding carboxylic acids is 3. The number of aliphatic hydroxyl groups is 3. The number of dihydropyridines is 1. The zero-order chi connectivity index (χ0) is 35.5. The third-order valence-electron chi connectivity index (χ3n) is 10.0. The second-order valence-corrected chi connectivity index (χ2v) is 13.2. The largest absolute Gasteiger partial charge is 0.460 e. The number of hydrogen-bond donors (Lipinski definition) is 5. The molecule has 0 radical (unpaired) electrons. The summed E-state index contributed by atoms with van der Waals surface area (Å²) in [5, 5.41) is 34.5. The first-order valence-electron chi connectivity index (χ1n) is 16.8. The van der Waals surface area contributed by atoms with Gasteiger partial charge in [0.1, 0.15) is 6.61 Å². The zero-order valence-electron chi connectivity index (χ0n) is 27.9. The van der Waals surface area contributed by atoms with Gasteiger partial charge in [-0.25, -0.2) is 4.79 Å². The van der Waals surface area contributed by atoms with Crippen LogP contribution in [0.25, 0.3) is 0 Å². The molecule has 0 bridgehead atoms. The topological polar surface area (TPSA) is 172 Å². The lowest BCUT2D eigenvalue weighted by Gasteiger charge is -2.27. The van der Waals surface area contributed by atoms with Gasteiger partial charge in [-0.1, -0.05) is 90.5 Å².